The van der Waals surface area contributed by atoms with Gasteiger partial charge in [-0.1, -0.05) is 35.6 Å². The van der Waals surface area contributed by atoms with E-state index in [0.717, 1.165) is 11.5 Å². The van der Waals surface area contributed by atoms with Gasteiger partial charge in [0.2, 0.25) is 5.06 Å². The van der Waals surface area contributed by atoms with E-state index in [9.17, 15) is 26.4 Å². The molecule has 0 saturated carbocycles. The van der Waals surface area contributed by atoms with E-state index in [4.69, 9.17) is 9.84 Å². The Morgan fingerprint density at radius 2 is 1.93 bits per heavy atom. The molecule has 3 rings (SSSR count). The van der Waals surface area contributed by atoms with Crippen LogP contribution in [0.1, 0.15) is 5.69 Å². The predicted octanol–water partition coefficient (Wildman–Crippen LogP) is 3.73. The number of carbonyl (C=O) groups is 1. The molecule has 2 aromatic heterocycles. The van der Waals surface area contributed by atoms with Crippen molar-refractivity contribution in [1.82, 2.24) is 9.71 Å². The fraction of sp³-hybridized carbons (Fsp3) is 0.125. The monoisotopic (exact) mass is 448 g/mol. The number of para-hydroxylation sites is 1. The molecule has 0 unspecified atom stereocenters. The summed E-state index contributed by atoms with van der Waals surface area (Å²) in [4.78, 5) is 14.1. The lowest BCUT2D eigenvalue weighted by Gasteiger charge is -2.09. The highest BCUT2D eigenvalue weighted by atomic mass is 32.2. The van der Waals surface area contributed by atoms with E-state index >= 15 is 0 Å². The van der Waals surface area contributed by atoms with Crippen LogP contribution in [-0.4, -0.2) is 31.0 Å². The second kappa shape index (κ2) is 7.85. The van der Waals surface area contributed by atoms with Gasteiger partial charge in [0.1, 0.15) is 11.5 Å². The van der Waals surface area contributed by atoms with Gasteiger partial charge in [-0.2, -0.15) is 13.2 Å². The summed E-state index contributed by atoms with van der Waals surface area (Å²) in [5, 5.41) is 8.64. The number of halogens is 3. The Morgan fingerprint density at radius 1 is 1.21 bits per heavy atom. The van der Waals surface area contributed by atoms with E-state index in [2.05, 4.69) is 9.72 Å². The lowest BCUT2D eigenvalue weighted by atomic mass is 10.2. The average molecular weight is 448 g/mol. The van der Waals surface area contributed by atoms with E-state index in [0.29, 0.717) is 27.3 Å². The number of carboxylic acid groups (broad SMARTS) is 1. The van der Waals surface area contributed by atoms with Crippen LogP contribution in [-0.2, 0) is 16.6 Å². The number of hydrogen-bond donors (Lipinski definition) is 2. The van der Waals surface area contributed by atoms with Crippen LogP contribution in [0, 0.1) is 0 Å². The molecule has 2 N–H and O–H groups in total. The number of rotatable bonds is 6. The molecule has 0 atom stereocenters. The van der Waals surface area contributed by atoms with Gasteiger partial charge in [0, 0.05) is 11.5 Å². The minimum atomic E-state index is -5.25. The maximum atomic E-state index is 12.5. The minimum absolute atomic E-state index is 0.135. The zero-order valence-corrected chi connectivity index (χ0v) is 15.8. The molecular weight excluding hydrogens is 437 g/mol. The first-order valence-corrected chi connectivity index (χ1v) is 9.96. The van der Waals surface area contributed by atoms with Gasteiger partial charge >= 0.3 is 12.5 Å². The van der Waals surface area contributed by atoms with Gasteiger partial charge in [0.05, 0.1) is 11.2 Å². The van der Waals surface area contributed by atoms with Crippen molar-refractivity contribution in [3.05, 3.63) is 48.2 Å². The van der Waals surface area contributed by atoms with Crippen molar-refractivity contribution in [3.63, 3.8) is 0 Å². The van der Waals surface area contributed by atoms with Crippen molar-refractivity contribution < 1.29 is 41.0 Å². The molecule has 3 aromatic rings. The number of nitrogens with one attached hydrogen (secondary N) is 1. The molecule has 0 saturated heterocycles. The van der Waals surface area contributed by atoms with Gasteiger partial charge in [-0.05, 0) is 12.1 Å². The zero-order chi connectivity index (χ0) is 21.2. The van der Waals surface area contributed by atoms with Crippen LogP contribution >= 0.6 is 11.3 Å². The number of aromatic nitrogens is 1. The van der Waals surface area contributed by atoms with Gasteiger partial charge in [0.25, 0.3) is 10.0 Å². The molecule has 29 heavy (non-hydrogen) atoms. The Labute approximate surface area is 165 Å². The lowest BCUT2D eigenvalue weighted by Crippen LogP contribution is -2.37. The van der Waals surface area contributed by atoms with Crippen LogP contribution in [0.3, 0.4) is 0 Å². The van der Waals surface area contributed by atoms with Gasteiger partial charge in [0.15, 0.2) is 5.06 Å². The molecule has 1 aromatic carbocycles. The van der Waals surface area contributed by atoms with E-state index in [1.54, 1.807) is 24.3 Å². The maximum absolute atomic E-state index is 12.5. The number of benzene rings is 1. The summed E-state index contributed by atoms with van der Waals surface area (Å²) in [5.41, 5.74) is 1.16. The summed E-state index contributed by atoms with van der Waals surface area (Å²) in [6.45, 7) is -0.135. The van der Waals surface area contributed by atoms with Gasteiger partial charge in [-0.15, -0.1) is 4.72 Å². The standard InChI is InChI=1S/C16H11F3N2O6S2/c17-16(18,19)21-29(24,25)12-7-13(28-14(12)27-15(22)23)26-8-10-6-5-9-3-1-2-4-11(9)20-10/h1-7,21H,8H2,(H,22,23). The van der Waals surface area contributed by atoms with Crippen molar-refractivity contribution in [2.24, 2.45) is 0 Å². The second-order valence-corrected chi connectivity index (χ2v) is 8.10. The summed E-state index contributed by atoms with van der Waals surface area (Å²) < 4.78 is 71.3. The molecule has 0 aliphatic rings. The molecule has 0 aliphatic carbocycles. The molecule has 0 fully saturated rings. The molecule has 2 heterocycles. The third-order valence-corrected chi connectivity index (χ3v) is 5.82. The second-order valence-electron chi connectivity index (χ2n) is 5.47. The first-order valence-electron chi connectivity index (χ1n) is 7.66. The minimum Gasteiger partial charge on any atom is -0.478 e. The van der Waals surface area contributed by atoms with Crippen molar-refractivity contribution in [1.29, 1.82) is 0 Å². The van der Waals surface area contributed by atoms with E-state index in [1.807, 2.05) is 12.1 Å². The van der Waals surface area contributed by atoms with E-state index < -0.39 is 32.4 Å². The van der Waals surface area contributed by atoms with Crippen LogP contribution in [0.5, 0.6) is 10.1 Å². The first-order chi connectivity index (χ1) is 13.5. The zero-order valence-electron chi connectivity index (χ0n) is 14.1. The number of nitrogens with zero attached hydrogens (tertiary/aromatic N) is 1. The van der Waals surface area contributed by atoms with Crippen LogP contribution in [0.15, 0.2) is 47.4 Å². The molecule has 154 valence electrons. The number of alkyl halides is 3. The van der Waals surface area contributed by atoms with Crippen LogP contribution < -0.4 is 14.2 Å². The highest BCUT2D eigenvalue weighted by Crippen LogP contribution is 2.40. The fourth-order valence-electron chi connectivity index (χ4n) is 2.29. The number of ether oxygens (including phenoxy) is 2. The predicted molar refractivity (Wildman–Crippen MR) is 95.4 cm³/mol. The van der Waals surface area contributed by atoms with E-state index in [1.165, 1.54) is 0 Å². The molecule has 0 aliphatic heterocycles. The van der Waals surface area contributed by atoms with Crippen molar-refractivity contribution >= 4 is 38.4 Å². The van der Waals surface area contributed by atoms with E-state index in [-0.39, 0.29) is 11.7 Å². The normalized spacial score (nSPS) is 12.1. The summed E-state index contributed by atoms with van der Waals surface area (Å²) in [6, 6.07) is 11.5. The van der Waals surface area contributed by atoms with Gasteiger partial charge < -0.3 is 14.6 Å². The molecule has 8 nitrogen and oxygen atoms in total. The summed E-state index contributed by atoms with van der Waals surface area (Å²) in [5.74, 6) is 0. The van der Waals surface area contributed by atoms with Crippen LogP contribution in [0.4, 0.5) is 18.0 Å². The lowest BCUT2D eigenvalue weighted by molar-refractivity contribution is -0.138. The Bertz CT molecular complexity index is 1160. The van der Waals surface area contributed by atoms with Gasteiger partial charge in [-0.25, -0.2) is 18.2 Å². The quantitative estimate of drug-likeness (QED) is 0.436. The summed E-state index contributed by atoms with van der Waals surface area (Å²) in [7, 11) is -5.13. The Kier molecular flexibility index (Phi) is 5.64. The topological polar surface area (TPSA) is 115 Å². The van der Waals surface area contributed by atoms with Gasteiger partial charge in [-0.3, -0.25) is 0 Å². The summed E-state index contributed by atoms with van der Waals surface area (Å²) >= 11 is 0.424. The van der Waals surface area contributed by atoms with Crippen LogP contribution in [0.25, 0.3) is 10.9 Å². The fourth-order valence-corrected chi connectivity index (χ4v) is 4.50. The average Bonchev–Trinajstić information content (AvgIpc) is 3.01. The van der Waals surface area contributed by atoms with Crippen molar-refractivity contribution in [2.45, 2.75) is 17.8 Å². The Hall–Kier alpha value is -2.90. The molecular formula is C16H11F3N2O6S2. The number of fused-ring (bicyclic) bond motifs is 1. The van der Waals surface area contributed by atoms with Crippen molar-refractivity contribution in [2.75, 3.05) is 0 Å². The first kappa shape index (κ1) is 20.8. The number of pyridine rings is 1. The molecule has 0 radical (unpaired) electrons. The van der Waals surface area contributed by atoms with Crippen molar-refractivity contribution in [3.8, 4) is 10.1 Å². The Balaban J connectivity index is 1.85. The number of thiophene rings is 1. The molecule has 0 spiro atoms. The number of sulfonamides is 1. The SMILES string of the molecule is O=C(O)Oc1sc(OCc2ccc3ccccc3n2)cc1S(=O)(=O)NC(F)(F)F. The third kappa shape index (κ3) is 5.34. The summed E-state index contributed by atoms with van der Waals surface area (Å²) in [6.07, 6.45) is -7.14. The third-order valence-electron chi connectivity index (χ3n) is 3.38. The molecule has 0 amide bonds. The highest BCUT2D eigenvalue weighted by molar-refractivity contribution is 7.89. The number of hydrogen-bond acceptors (Lipinski definition) is 7. The maximum Gasteiger partial charge on any atom is 0.512 e. The molecule has 0 bridgehead atoms. The Morgan fingerprint density at radius 3 is 2.62 bits per heavy atom. The molecule has 13 heteroatoms. The van der Waals surface area contributed by atoms with Crippen LogP contribution in [0.2, 0.25) is 0 Å². The largest absolute Gasteiger partial charge is 0.512 e. The smallest absolute Gasteiger partial charge is 0.478 e. The highest BCUT2D eigenvalue weighted by Gasteiger charge is 2.37.